The number of hydrogen-bond acceptors (Lipinski definition) is 3. The number of benzene rings is 1. The molecule has 0 saturated carbocycles. The summed E-state index contributed by atoms with van der Waals surface area (Å²) in [7, 11) is 0. The second-order valence-electron chi connectivity index (χ2n) is 3.24. The highest BCUT2D eigenvalue weighted by Gasteiger charge is 2.14. The van der Waals surface area contributed by atoms with E-state index in [0.29, 0.717) is 12.0 Å². The van der Waals surface area contributed by atoms with E-state index in [2.05, 4.69) is 0 Å². The lowest BCUT2D eigenvalue weighted by Crippen LogP contribution is -2.25. The second kappa shape index (κ2) is 4.75. The Labute approximate surface area is 83.8 Å². The molecule has 0 saturated heterocycles. The van der Waals surface area contributed by atoms with Gasteiger partial charge < -0.3 is 10.8 Å². The minimum Gasteiger partial charge on any atom is -0.391 e. The van der Waals surface area contributed by atoms with Crippen LogP contribution in [0.3, 0.4) is 0 Å². The maximum Gasteiger partial charge on any atom is 0.0991 e. The monoisotopic (exact) mass is 190 g/mol. The fraction of sp³-hybridized carbons (Fsp3) is 0.364. The predicted octanol–water partition coefficient (Wildman–Crippen LogP) is 1.33. The van der Waals surface area contributed by atoms with Crippen molar-refractivity contribution < 1.29 is 5.11 Å². The minimum atomic E-state index is -0.552. The third-order valence-electron chi connectivity index (χ3n) is 2.23. The summed E-state index contributed by atoms with van der Waals surface area (Å²) in [5, 5.41) is 18.2. The van der Waals surface area contributed by atoms with Crippen molar-refractivity contribution in [2.75, 3.05) is 0 Å². The molecule has 0 aliphatic rings. The fourth-order valence-electron chi connectivity index (χ4n) is 1.29. The van der Waals surface area contributed by atoms with E-state index in [1.54, 1.807) is 18.2 Å². The second-order valence-corrected chi connectivity index (χ2v) is 3.24. The maximum atomic E-state index is 9.54. The van der Waals surface area contributed by atoms with Gasteiger partial charge in [0.1, 0.15) is 0 Å². The molecule has 0 radical (unpaired) electrons. The molecule has 0 fully saturated rings. The molecule has 2 atom stereocenters. The molecule has 3 nitrogen and oxygen atoms in total. The molecule has 0 spiro atoms. The predicted molar refractivity (Wildman–Crippen MR) is 54.4 cm³/mol. The van der Waals surface area contributed by atoms with Gasteiger partial charge >= 0.3 is 0 Å². The fourth-order valence-corrected chi connectivity index (χ4v) is 1.29. The number of nitrogens with zero attached hydrogens (tertiary/aromatic N) is 1. The number of rotatable bonds is 3. The first-order valence-corrected chi connectivity index (χ1v) is 4.62. The van der Waals surface area contributed by atoms with Crippen LogP contribution in [0.4, 0.5) is 0 Å². The molecule has 14 heavy (non-hydrogen) atoms. The maximum absolute atomic E-state index is 9.54. The van der Waals surface area contributed by atoms with Crippen molar-refractivity contribution in [1.82, 2.24) is 0 Å². The summed E-state index contributed by atoms with van der Waals surface area (Å²) >= 11 is 0. The van der Waals surface area contributed by atoms with E-state index in [1.165, 1.54) is 0 Å². The topological polar surface area (TPSA) is 70.0 Å². The Morgan fingerprint density at radius 1 is 1.57 bits per heavy atom. The van der Waals surface area contributed by atoms with Crippen molar-refractivity contribution in [3.63, 3.8) is 0 Å². The third-order valence-corrected chi connectivity index (χ3v) is 2.23. The summed E-state index contributed by atoms with van der Waals surface area (Å²) in [4.78, 5) is 0. The summed E-state index contributed by atoms with van der Waals surface area (Å²) in [6.45, 7) is 1.87. The van der Waals surface area contributed by atoms with E-state index in [4.69, 9.17) is 11.0 Å². The van der Waals surface area contributed by atoms with Crippen LogP contribution in [-0.4, -0.2) is 11.2 Å². The molecule has 0 aromatic heterocycles. The molecule has 0 aliphatic carbocycles. The van der Waals surface area contributed by atoms with Crippen LogP contribution in [0.1, 0.15) is 30.5 Å². The van der Waals surface area contributed by atoms with Crippen molar-refractivity contribution >= 4 is 0 Å². The Bertz CT molecular complexity index is 343. The summed E-state index contributed by atoms with van der Waals surface area (Å²) in [5.74, 6) is 0. The number of aliphatic hydroxyl groups is 1. The number of hydrogen-bond donors (Lipinski definition) is 2. The van der Waals surface area contributed by atoms with E-state index < -0.39 is 12.1 Å². The Morgan fingerprint density at radius 2 is 2.29 bits per heavy atom. The highest BCUT2D eigenvalue weighted by atomic mass is 16.3. The zero-order valence-corrected chi connectivity index (χ0v) is 8.14. The lowest BCUT2D eigenvalue weighted by Gasteiger charge is -2.17. The smallest absolute Gasteiger partial charge is 0.0991 e. The number of aliphatic hydroxyl groups excluding tert-OH is 1. The summed E-state index contributed by atoms with van der Waals surface area (Å²) in [5.41, 5.74) is 7.19. The summed E-state index contributed by atoms with van der Waals surface area (Å²) in [6, 6.07) is 8.66. The Hall–Kier alpha value is -1.37. The summed E-state index contributed by atoms with van der Waals surface area (Å²) in [6.07, 6.45) is 0.0572. The van der Waals surface area contributed by atoms with Crippen molar-refractivity contribution in [3.05, 3.63) is 35.4 Å². The van der Waals surface area contributed by atoms with Crippen LogP contribution < -0.4 is 5.73 Å². The van der Waals surface area contributed by atoms with Crippen molar-refractivity contribution in [2.45, 2.75) is 25.5 Å². The standard InChI is InChI=1S/C11H14N2O/c1-2-10(14)11(13)9-5-3-4-8(6-9)7-12/h3-6,10-11,14H,2,13H2,1H3/t10-,11+/m1/s1. The molecule has 0 amide bonds. The van der Waals surface area contributed by atoms with Gasteiger partial charge in [-0.25, -0.2) is 0 Å². The van der Waals surface area contributed by atoms with Crippen LogP contribution in [0.15, 0.2) is 24.3 Å². The lowest BCUT2D eigenvalue weighted by atomic mass is 9.99. The minimum absolute atomic E-state index is 0.409. The molecule has 0 aliphatic heterocycles. The Morgan fingerprint density at radius 3 is 2.86 bits per heavy atom. The van der Waals surface area contributed by atoms with Crippen molar-refractivity contribution in [1.29, 1.82) is 5.26 Å². The zero-order chi connectivity index (χ0) is 10.6. The van der Waals surface area contributed by atoms with E-state index in [9.17, 15) is 5.11 Å². The molecule has 3 N–H and O–H groups in total. The average Bonchev–Trinajstić information content (AvgIpc) is 2.27. The molecular formula is C11H14N2O. The van der Waals surface area contributed by atoms with Gasteiger partial charge in [0.2, 0.25) is 0 Å². The van der Waals surface area contributed by atoms with Crippen LogP contribution in [0.25, 0.3) is 0 Å². The molecular weight excluding hydrogens is 176 g/mol. The Kier molecular flexibility index (Phi) is 3.63. The molecule has 1 aromatic rings. The van der Waals surface area contributed by atoms with Crippen molar-refractivity contribution in [2.24, 2.45) is 5.73 Å². The molecule has 74 valence electrons. The van der Waals surface area contributed by atoms with Gasteiger partial charge in [-0.1, -0.05) is 19.1 Å². The lowest BCUT2D eigenvalue weighted by molar-refractivity contribution is 0.140. The first kappa shape index (κ1) is 10.7. The van der Waals surface area contributed by atoms with Gasteiger partial charge in [0.25, 0.3) is 0 Å². The zero-order valence-electron chi connectivity index (χ0n) is 8.14. The average molecular weight is 190 g/mol. The van der Waals surface area contributed by atoms with Gasteiger partial charge in [0.05, 0.1) is 23.8 Å². The van der Waals surface area contributed by atoms with Gasteiger partial charge in [0, 0.05) is 0 Å². The highest BCUT2D eigenvalue weighted by molar-refractivity contribution is 5.34. The molecule has 3 heteroatoms. The molecule has 0 bridgehead atoms. The first-order valence-electron chi connectivity index (χ1n) is 4.62. The van der Waals surface area contributed by atoms with Crippen LogP contribution in [0.2, 0.25) is 0 Å². The third kappa shape index (κ3) is 2.32. The molecule has 0 heterocycles. The van der Waals surface area contributed by atoms with E-state index in [1.807, 2.05) is 19.1 Å². The number of nitriles is 1. The molecule has 1 rings (SSSR count). The molecule has 1 aromatic carbocycles. The summed E-state index contributed by atoms with van der Waals surface area (Å²) < 4.78 is 0. The van der Waals surface area contributed by atoms with Gasteiger partial charge in [-0.3, -0.25) is 0 Å². The van der Waals surface area contributed by atoms with Crippen LogP contribution in [0.5, 0.6) is 0 Å². The Balaban J connectivity index is 2.91. The normalized spacial score (nSPS) is 14.4. The molecule has 0 unspecified atom stereocenters. The highest BCUT2D eigenvalue weighted by Crippen LogP contribution is 2.17. The number of nitrogens with two attached hydrogens (primary N) is 1. The van der Waals surface area contributed by atoms with Crippen molar-refractivity contribution in [3.8, 4) is 6.07 Å². The van der Waals surface area contributed by atoms with Gasteiger partial charge in [-0.2, -0.15) is 5.26 Å². The van der Waals surface area contributed by atoms with Crippen LogP contribution >= 0.6 is 0 Å². The van der Waals surface area contributed by atoms with Gasteiger partial charge in [0.15, 0.2) is 0 Å². The largest absolute Gasteiger partial charge is 0.391 e. The SMILES string of the molecule is CC[C@@H](O)[C@@H](N)c1cccc(C#N)c1. The van der Waals surface area contributed by atoms with Crippen LogP contribution in [-0.2, 0) is 0 Å². The first-order chi connectivity index (χ1) is 6.69. The van der Waals surface area contributed by atoms with Gasteiger partial charge in [-0.15, -0.1) is 0 Å². The van der Waals surface area contributed by atoms with Crippen LogP contribution in [0, 0.1) is 11.3 Å². The quantitative estimate of drug-likeness (QED) is 0.755. The van der Waals surface area contributed by atoms with E-state index in [-0.39, 0.29) is 0 Å². The van der Waals surface area contributed by atoms with E-state index >= 15 is 0 Å². The van der Waals surface area contributed by atoms with Gasteiger partial charge in [-0.05, 0) is 24.1 Å². The van der Waals surface area contributed by atoms with E-state index in [0.717, 1.165) is 5.56 Å².